The summed E-state index contributed by atoms with van der Waals surface area (Å²) < 4.78 is 5.48. The van der Waals surface area contributed by atoms with Gasteiger partial charge in [-0.2, -0.15) is 0 Å². The number of anilines is 1. The fourth-order valence-electron chi connectivity index (χ4n) is 2.45. The number of benzene rings is 1. The van der Waals surface area contributed by atoms with Crippen molar-refractivity contribution < 1.29 is 14.6 Å². The molecule has 1 amide bonds. The second-order valence-electron chi connectivity index (χ2n) is 5.09. The lowest BCUT2D eigenvalue weighted by atomic mass is 10.2. The van der Waals surface area contributed by atoms with Crippen LogP contribution in [0.1, 0.15) is 12.8 Å². The highest BCUT2D eigenvalue weighted by molar-refractivity contribution is 5.80. The van der Waals surface area contributed by atoms with E-state index in [0.717, 1.165) is 19.4 Å². The molecule has 110 valence electrons. The first-order valence-electron chi connectivity index (χ1n) is 6.76. The number of ether oxygens (including phenoxy) is 1. The van der Waals surface area contributed by atoms with Crippen molar-refractivity contribution in [3.63, 3.8) is 0 Å². The summed E-state index contributed by atoms with van der Waals surface area (Å²) >= 11 is 0. The second kappa shape index (κ2) is 6.58. The summed E-state index contributed by atoms with van der Waals surface area (Å²) in [7, 11) is 0. The van der Waals surface area contributed by atoms with Gasteiger partial charge in [-0.25, -0.2) is 0 Å². The van der Waals surface area contributed by atoms with Crippen molar-refractivity contribution in [3.8, 4) is 5.75 Å². The fraction of sp³-hybridized carbons (Fsp3) is 0.500. The average molecular weight is 279 g/mol. The third-order valence-electron chi connectivity index (χ3n) is 3.46. The molecule has 0 bridgehead atoms. The highest BCUT2D eigenvalue weighted by Gasteiger charge is 2.30. The van der Waals surface area contributed by atoms with Crippen molar-refractivity contribution in [2.75, 3.05) is 25.4 Å². The van der Waals surface area contributed by atoms with E-state index >= 15 is 0 Å². The number of aliphatic hydroxyl groups is 1. The zero-order valence-electron chi connectivity index (χ0n) is 11.4. The minimum atomic E-state index is -0.660. The van der Waals surface area contributed by atoms with Gasteiger partial charge in [-0.05, 0) is 43.7 Å². The van der Waals surface area contributed by atoms with Crippen LogP contribution in [-0.2, 0) is 4.79 Å². The molecule has 2 unspecified atom stereocenters. The number of rotatable bonds is 6. The fourth-order valence-corrected chi connectivity index (χ4v) is 2.45. The Kier molecular flexibility index (Phi) is 4.81. The normalized spacial score (nSPS) is 20.8. The molecular weight excluding hydrogens is 258 g/mol. The first-order chi connectivity index (χ1) is 9.56. The lowest BCUT2D eigenvalue weighted by Gasteiger charge is -2.24. The van der Waals surface area contributed by atoms with Crippen LogP contribution in [0.5, 0.6) is 5.75 Å². The van der Waals surface area contributed by atoms with Gasteiger partial charge in [-0.3, -0.25) is 9.69 Å². The summed E-state index contributed by atoms with van der Waals surface area (Å²) in [5.41, 5.74) is 11.6. The van der Waals surface area contributed by atoms with Gasteiger partial charge < -0.3 is 21.3 Å². The van der Waals surface area contributed by atoms with E-state index in [9.17, 15) is 9.90 Å². The summed E-state index contributed by atoms with van der Waals surface area (Å²) in [5, 5.41) is 9.98. The van der Waals surface area contributed by atoms with Crippen LogP contribution in [0.4, 0.5) is 5.69 Å². The van der Waals surface area contributed by atoms with Crippen LogP contribution in [0.15, 0.2) is 24.3 Å². The summed E-state index contributed by atoms with van der Waals surface area (Å²) in [6, 6.07) is 6.73. The lowest BCUT2D eigenvalue weighted by Crippen LogP contribution is -2.44. The van der Waals surface area contributed by atoms with Crippen molar-refractivity contribution in [1.82, 2.24) is 4.90 Å². The van der Waals surface area contributed by atoms with Gasteiger partial charge in [0, 0.05) is 12.2 Å². The number of aliphatic hydroxyl groups excluding tert-OH is 1. The lowest BCUT2D eigenvalue weighted by molar-refractivity contribution is -0.122. The van der Waals surface area contributed by atoms with Crippen LogP contribution in [0.2, 0.25) is 0 Å². The molecule has 0 radical (unpaired) electrons. The number of carbonyl (C=O) groups excluding carboxylic acids is 1. The van der Waals surface area contributed by atoms with E-state index in [1.165, 1.54) is 0 Å². The Morgan fingerprint density at radius 3 is 2.80 bits per heavy atom. The Bertz CT molecular complexity index is 449. The third kappa shape index (κ3) is 3.85. The van der Waals surface area contributed by atoms with Crippen LogP contribution >= 0.6 is 0 Å². The Morgan fingerprint density at radius 1 is 1.45 bits per heavy atom. The largest absolute Gasteiger partial charge is 0.491 e. The monoisotopic (exact) mass is 279 g/mol. The molecule has 1 aliphatic heterocycles. The van der Waals surface area contributed by atoms with Gasteiger partial charge in [0.1, 0.15) is 18.5 Å². The molecule has 0 spiro atoms. The Labute approximate surface area is 118 Å². The molecule has 1 heterocycles. The van der Waals surface area contributed by atoms with Gasteiger partial charge in [-0.1, -0.05) is 0 Å². The molecule has 1 fully saturated rings. The highest BCUT2D eigenvalue weighted by atomic mass is 16.5. The maximum Gasteiger partial charge on any atom is 0.234 e. The van der Waals surface area contributed by atoms with Crippen molar-refractivity contribution in [2.45, 2.75) is 25.0 Å². The molecule has 2 atom stereocenters. The molecular formula is C14H21N3O3. The van der Waals surface area contributed by atoms with Gasteiger partial charge >= 0.3 is 0 Å². The predicted octanol–water partition coefficient (Wildman–Crippen LogP) is -0.0418. The summed E-state index contributed by atoms with van der Waals surface area (Å²) in [6.07, 6.45) is 1.03. The summed E-state index contributed by atoms with van der Waals surface area (Å²) in [6.45, 7) is 1.35. The first-order valence-corrected chi connectivity index (χ1v) is 6.76. The van der Waals surface area contributed by atoms with E-state index in [-0.39, 0.29) is 18.6 Å². The van der Waals surface area contributed by atoms with E-state index < -0.39 is 6.10 Å². The molecule has 6 heteroatoms. The van der Waals surface area contributed by atoms with Gasteiger partial charge in [0.15, 0.2) is 0 Å². The number of nitrogens with zero attached hydrogens (tertiary/aromatic N) is 1. The molecule has 1 aromatic rings. The average Bonchev–Trinajstić information content (AvgIpc) is 2.86. The molecule has 20 heavy (non-hydrogen) atoms. The molecule has 0 saturated carbocycles. The molecule has 2 rings (SSSR count). The van der Waals surface area contributed by atoms with Crippen LogP contribution in [0.25, 0.3) is 0 Å². The number of hydrogen-bond donors (Lipinski definition) is 3. The molecule has 1 aromatic carbocycles. The van der Waals surface area contributed by atoms with Crippen molar-refractivity contribution >= 4 is 11.6 Å². The highest BCUT2D eigenvalue weighted by Crippen LogP contribution is 2.18. The minimum Gasteiger partial charge on any atom is -0.491 e. The van der Waals surface area contributed by atoms with Gasteiger partial charge in [0.05, 0.1) is 6.04 Å². The maximum atomic E-state index is 11.3. The summed E-state index contributed by atoms with van der Waals surface area (Å²) in [4.78, 5) is 13.2. The number of β-amino-alcohol motifs (C(OH)–C–C–N with tert-alkyl or cyclic N) is 1. The number of likely N-dealkylation sites (tertiary alicyclic amines) is 1. The van der Waals surface area contributed by atoms with E-state index in [0.29, 0.717) is 18.0 Å². The zero-order valence-corrected chi connectivity index (χ0v) is 11.4. The van der Waals surface area contributed by atoms with Crippen molar-refractivity contribution in [2.24, 2.45) is 5.73 Å². The van der Waals surface area contributed by atoms with E-state index in [1.54, 1.807) is 24.3 Å². The SMILES string of the molecule is NC(=O)C1CCCN1CC(O)COc1ccc(N)cc1. The van der Waals surface area contributed by atoms with Gasteiger partial charge in [-0.15, -0.1) is 0 Å². The number of primary amides is 1. The smallest absolute Gasteiger partial charge is 0.234 e. The van der Waals surface area contributed by atoms with Crippen molar-refractivity contribution in [3.05, 3.63) is 24.3 Å². The first kappa shape index (κ1) is 14.6. The quantitative estimate of drug-likeness (QED) is 0.634. The molecule has 0 aliphatic carbocycles. The maximum absolute atomic E-state index is 11.3. The Morgan fingerprint density at radius 2 is 2.15 bits per heavy atom. The molecule has 6 nitrogen and oxygen atoms in total. The van der Waals surface area contributed by atoms with Gasteiger partial charge in [0.2, 0.25) is 5.91 Å². The Balaban J connectivity index is 1.79. The minimum absolute atomic E-state index is 0.173. The van der Waals surface area contributed by atoms with E-state index in [4.69, 9.17) is 16.2 Å². The van der Waals surface area contributed by atoms with E-state index in [2.05, 4.69) is 0 Å². The summed E-state index contributed by atoms with van der Waals surface area (Å²) in [5.74, 6) is 0.334. The number of nitrogen functional groups attached to an aromatic ring is 1. The number of carbonyl (C=O) groups is 1. The van der Waals surface area contributed by atoms with Crippen LogP contribution in [-0.4, -0.2) is 47.8 Å². The number of nitrogens with two attached hydrogens (primary N) is 2. The Hall–Kier alpha value is -1.79. The zero-order chi connectivity index (χ0) is 14.5. The van der Waals surface area contributed by atoms with E-state index in [1.807, 2.05) is 4.90 Å². The van der Waals surface area contributed by atoms with Crippen LogP contribution < -0.4 is 16.2 Å². The number of amides is 1. The van der Waals surface area contributed by atoms with Crippen LogP contribution in [0.3, 0.4) is 0 Å². The molecule has 5 N–H and O–H groups in total. The third-order valence-corrected chi connectivity index (χ3v) is 3.46. The molecule has 1 saturated heterocycles. The van der Waals surface area contributed by atoms with Gasteiger partial charge in [0.25, 0.3) is 0 Å². The molecule has 1 aliphatic rings. The molecule has 0 aromatic heterocycles. The van der Waals surface area contributed by atoms with Crippen LogP contribution in [0, 0.1) is 0 Å². The second-order valence-corrected chi connectivity index (χ2v) is 5.09. The topological polar surface area (TPSA) is 102 Å². The van der Waals surface area contributed by atoms with Crippen molar-refractivity contribution in [1.29, 1.82) is 0 Å². The standard InChI is InChI=1S/C14H21N3O3/c15-10-3-5-12(6-4-10)20-9-11(18)8-17-7-1-2-13(17)14(16)19/h3-6,11,13,18H,1-2,7-9,15H2,(H2,16,19). The number of hydrogen-bond acceptors (Lipinski definition) is 5. The predicted molar refractivity (Wildman–Crippen MR) is 76.1 cm³/mol.